The Bertz CT molecular complexity index is 485. The number of nitrogens with zero attached hydrogens (tertiary/aromatic N) is 3. The molecule has 4 heteroatoms. The van der Waals surface area contributed by atoms with Gasteiger partial charge in [0.1, 0.15) is 5.82 Å². The maximum Gasteiger partial charge on any atom is 0.147 e. The molecular formula is C12H12BrN3. The average molecular weight is 278 g/mol. The minimum atomic E-state index is 0.888. The van der Waals surface area contributed by atoms with Crippen LogP contribution < -0.4 is 4.90 Å². The molecule has 0 radical (unpaired) electrons. The number of rotatable bonds is 2. The van der Waals surface area contributed by atoms with Gasteiger partial charge in [-0.25, -0.2) is 4.98 Å². The Labute approximate surface area is 103 Å². The lowest BCUT2D eigenvalue weighted by atomic mass is 10.3. The molecule has 0 spiro atoms. The summed E-state index contributed by atoms with van der Waals surface area (Å²) in [7, 11) is 1.97. The minimum absolute atomic E-state index is 0.888. The maximum absolute atomic E-state index is 4.41. The Morgan fingerprint density at radius 3 is 2.75 bits per heavy atom. The highest BCUT2D eigenvalue weighted by atomic mass is 79.9. The van der Waals surface area contributed by atoms with Gasteiger partial charge in [-0.1, -0.05) is 0 Å². The lowest BCUT2D eigenvalue weighted by Crippen LogP contribution is -2.12. The quantitative estimate of drug-likeness (QED) is 0.843. The number of anilines is 2. The molecule has 0 aromatic carbocycles. The Hall–Kier alpha value is -1.42. The smallest absolute Gasteiger partial charge is 0.147 e. The highest BCUT2D eigenvalue weighted by Gasteiger charge is 2.09. The summed E-state index contributed by atoms with van der Waals surface area (Å²) in [5.41, 5.74) is 2.15. The monoisotopic (exact) mass is 277 g/mol. The van der Waals surface area contributed by atoms with Gasteiger partial charge < -0.3 is 4.90 Å². The van der Waals surface area contributed by atoms with Crippen molar-refractivity contribution < 1.29 is 0 Å². The van der Waals surface area contributed by atoms with E-state index in [-0.39, 0.29) is 0 Å². The molecule has 0 unspecified atom stereocenters. The lowest BCUT2D eigenvalue weighted by molar-refractivity contribution is 1.09. The third kappa shape index (κ3) is 2.22. The van der Waals surface area contributed by atoms with Crippen molar-refractivity contribution in [1.29, 1.82) is 0 Å². The largest absolute Gasteiger partial charge is 0.327 e. The fourth-order valence-electron chi connectivity index (χ4n) is 1.45. The van der Waals surface area contributed by atoms with E-state index in [9.17, 15) is 0 Å². The third-order valence-electron chi connectivity index (χ3n) is 2.31. The molecule has 0 fully saturated rings. The van der Waals surface area contributed by atoms with Crippen LogP contribution in [0.1, 0.15) is 5.56 Å². The topological polar surface area (TPSA) is 29.0 Å². The van der Waals surface area contributed by atoms with E-state index >= 15 is 0 Å². The van der Waals surface area contributed by atoms with E-state index < -0.39 is 0 Å². The van der Waals surface area contributed by atoms with Crippen molar-refractivity contribution >= 4 is 27.4 Å². The van der Waals surface area contributed by atoms with Crippen LogP contribution >= 0.6 is 15.9 Å². The third-order valence-corrected chi connectivity index (χ3v) is 2.89. The highest BCUT2D eigenvalue weighted by Crippen LogP contribution is 2.28. The van der Waals surface area contributed by atoms with E-state index in [1.54, 1.807) is 6.20 Å². The van der Waals surface area contributed by atoms with Gasteiger partial charge in [-0.05, 0) is 46.6 Å². The number of hydrogen-bond acceptors (Lipinski definition) is 3. The summed E-state index contributed by atoms with van der Waals surface area (Å²) in [5, 5.41) is 0. The molecule has 0 saturated carbocycles. The zero-order chi connectivity index (χ0) is 11.5. The van der Waals surface area contributed by atoms with Crippen molar-refractivity contribution in [3.05, 3.63) is 46.8 Å². The molecule has 0 N–H and O–H groups in total. The number of halogens is 1. The molecule has 3 nitrogen and oxygen atoms in total. The Balaban J connectivity index is 2.38. The molecule has 2 aromatic rings. The van der Waals surface area contributed by atoms with E-state index in [1.807, 2.05) is 43.4 Å². The van der Waals surface area contributed by atoms with Gasteiger partial charge in [-0.3, -0.25) is 4.98 Å². The molecular weight excluding hydrogens is 266 g/mol. The molecule has 82 valence electrons. The van der Waals surface area contributed by atoms with Crippen LogP contribution in [0.3, 0.4) is 0 Å². The second-order valence-corrected chi connectivity index (χ2v) is 4.44. The molecule has 0 aliphatic heterocycles. The van der Waals surface area contributed by atoms with Crippen LogP contribution in [0, 0.1) is 6.92 Å². The van der Waals surface area contributed by atoms with Crippen LogP contribution in [0.2, 0.25) is 0 Å². The number of hydrogen-bond donors (Lipinski definition) is 0. The molecule has 0 atom stereocenters. The first-order valence-electron chi connectivity index (χ1n) is 4.94. The van der Waals surface area contributed by atoms with Gasteiger partial charge in [-0.2, -0.15) is 0 Å². The van der Waals surface area contributed by atoms with Crippen LogP contribution in [0.25, 0.3) is 0 Å². The van der Waals surface area contributed by atoms with Crippen LogP contribution in [-0.2, 0) is 0 Å². The number of aryl methyl sites for hydroxylation is 1. The molecule has 16 heavy (non-hydrogen) atoms. The lowest BCUT2D eigenvalue weighted by Gasteiger charge is -2.19. The maximum atomic E-state index is 4.41. The molecule has 2 heterocycles. The zero-order valence-corrected chi connectivity index (χ0v) is 10.8. The summed E-state index contributed by atoms with van der Waals surface area (Å²) in [4.78, 5) is 10.5. The van der Waals surface area contributed by atoms with Crippen LogP contribution in [0.5, 0.6) is 0 Å². The van der Waals surface area contributed by atoms with Crippen LogP contribution in [0.4, 0.5) is 11.5 Å². The summed E-state index contributed by atoms with van der Waals surface area (Å²) >= 11 is 3.52. The second kappa shape index (κ2) is 4.61. The second-order valence-electron chi connectivity index (χ2n) is 3.59. The van der Waals surface area contributed by atoms with Crippen molar-refractivity contribution in [3.63, 3.8) is 0 Å². The predicted molar refractivity (Wildman–Crippen MR) is 69.0 cm³/mol. The minimum Gasteiger partial charge on any atom is -0.327 e. The summed E-state index contributed by atoms with van der Waals surface area (Å²) < 4.78 is 0.985. The van der Waals surface area contributed by atoms with E-state index in [0.717, 1.165) is 21.5 Å². The first kappa shape index (κ1) is 11.1. The van der Waals surface area contributed by atoms with Crippen molar-refractivity contribution in [2.24, 2.45) is 0 Å². The van der Waals surface area contributed by atoms with Crippen molar-refractivity contribution in [2.45, 2.75) is 6.92 Å². The average Bonchev–Trinajstić information content (AvgIpc) is 2.29. The summed E-state index contributed by atoms with van der Waals surface area (Å²) in [6, 6.07) is 5.96. The molecule has 2 aromatic heterocycles. The fourth-order valence-corrected chi connectivity index (χ4v) is 2.18. The van der Waals surface area contributed by atoms with Gasteiger partial charge in [0.05, 0.1) is 16.4 Å². The number of aromatic nitrogens is 2. The zero-order valence-electron chi connectivity index (χ0n) is 9.18. The molecule has 0 bridgehead atoms. The number of pyridine rings is 2. The van der Waals surface area contributed by atoms with Crippen molar-refractivity contribution in [1.82, 2.24) is 9.97 Å². The van der Waals surface area contributed by atoms with Crippen molar-refractivity contribution in [3.8, 4) is 0 Å². The van der Waals surface area contributed by atoms with E-state index in [0.29, 0.717) is 0 Å². The van der Waals surface area contributed by atoms with Gasteiger partial charge in [0, 0.05) is 19.4 Å². The molecule has 0 amide bonds. The fraction of sp³-hybridized carbons (Fsp3) is 0.167. The summed E-state index contributed by atoms with van der Waals surface area (Å²) in [6.07, 6.45) is 5.43. The van der Waals surface area contributed by atoms with Gasteiger partial charge >= 0.3 is 0 Å². The van der Waals surface area contributed by atoms with E-state index in [4.69, 9.17) is 0 Å². The molecule has 0 saturated heterocycles. The van der Waals surface area contributed by atoms with Gasteiger partial charge in [-0.15, -0.1) is 0 Å². The Morgan fingerprint density at radius 2 is 2.12 bits per heavy atom. The molecule has 0 aliphatic carbocycles. The molecule has 0 aliphatic rings. The normalized spacial score (nSPS) is 10.2. The van der Waals surface area contributed by atoms with Gasteiger partial charge in [0.2, 0.25) is 0 Å². The van der Waals surface area contributed by atoms with E-state index in [2.05, 4.69) is 32.0 Å². The molecule has 2 rings (SSSR count). The van der Waals surface area contributed by atoms with Crippen LogP contribution in [-0.4, -0.2) is 17.0 Å². The Kier molecular flexibility index (Phi) is 3.19. The van der Waals surface area contributed by atoms with Crippen LogP contribution in [0.15, 0.2) is 41.3 Å². The first-order chi connectivity index (χ1) is 7.68. The predicted octanol–water partition coefficient (Wildman–Crippen LogP) is 3.32. The summed E-state index contributed by atoms with van der Waals surface area (Å²) in [6.45, 7) is 2.02. The highest BCUT2D eigenvalue weighted by molar-refractivity contribution is 9.10. The summed E-state index contributed by atoms with van der Waals surface area (Å²) in [5.74, 6) is 0.888. The van der Waals surface area contributed by atoms with Gasteiger partial charge in [0.15, 0.2) is 0 Å². The standard InChI is InChI=1S/C12H12BrN3/c1-9-6-11(13)12(15-7-9)16(2)10-4-3-5-14-8-10/h3-8H,1-2H3. The van der Waals surface area contributed by atoms with E-state index in [1.165, 1.54) is 0 Å². The SMILES string of the molecule is Cc1cnc(N(C)c2cccnc2)c(Br)c1. The van der Waals surface area contributed by atoms with Gasteiger partial charge in [0.25, 0.3) is 0 Å². The first-order valence-corrected chi connectivity index (χ1v) is 5.73. The Morgan fingerprint density at radius 1 is 1.31 bits per heavy atom. The van der Waals surface area contributed by atoms with Crippen molar-refractivity contribution in [2.75, 3.05) is 11.9 Å².